The summed E-state index contributed by atoms with van der Waals surface area (Å²) in [5.74, 6) is 0. The molecule has 0 radical (unpaired) electrons. The first-order chi connectivity index (χ1) is 4.11. The van der Waals surface area contributed by atoms with Gasteiger partial charge in [-0.3, -0.25) is 4.55 Å². The molecule has 0 aromatic heterocycles. The molecule has 0 bridgehead atoms. The number of hydrogen-bond donors (Lipinski definition) is 2. The lowest BCUT2D eigenvalue weighted by atomic mass is 11.1. The molecular weight excluding hydrogens is 164 g/mol. The van der Waals surface area contributed by atoms with E-state index < -0.39 is 10.3 Å². The average molecular weight is 168 g/mol. The van der Waals surface area contributed by atoms with Crippen molar-refractivity contribution >= 4 is 22.3 Å². The maximum Gasteiger partial charge on any atom is 0.363 e. The molecule has 1 rings (SSSR count). The van der Waals surface area contributed by atoms with Crippen LogP contribution in [0.3, 0.4) is 0 Å². The van der Waals surface area contributed by atoms with Crippen LogP contribution in [0.2, 0.25) is 0 Å². The molecule has 0 aliphatic carbocycles. The third kappa shape index (κ3) is 1.58. The van der Waals surface area contributed by atoms with Gasteiger partial charge in [-0.2, -0.15) is 8.42 Å². The van der Waals surface area contributed by atoms with Gasteiger partial charge in [0.1, 0.15) is 0 Å². The number of rotatable bonds is 1. The van der Waals surface area contributed by atoms with E-state index in [1.54, 1.807) is 0 Å². The van der Waals surface area contributed by atoms with Crippen molar-refractivity contribution in [3.05, 3.63) is 11.6 Å². The Bertz CT molecular complexity index is 212. The summed E-state index contributed by atoms with van der Waals surface area (Å²) in [5, 5.41) is 1.49. The third-order valence-corrected chi connectivity index (χ3v) is 2.52. The van der Waals surface area contributed by atoms with Gasteiger partial charge in [-0.1, -0.05) is 0 Å². The highest BCUT2D eigenvalue weighted by Crippen LogP contribution is 2.16. The molecule has 52 valence electrons. The highest BCUT2D eigenvalue weighted by Gasteiger charge is 2.19. The Morgan fingerprint density at radius 3 is 2.56 bits per heavy atom. The van der Waals surface area contributed by atoms with Crippen molar-refractivity contribution in [3.8, 4) is 0 Å². The summed E-state index contributed by atoms with van der Waals surface area (Å²) >= 11 is 0.853. The van der Waals surface area contributed by atoms with Gasteiger partial charge in [-0.05, 0) is 15.8 Å². The van der Waals surface area contributed by atoms with Crippen LogP contribution in [0.5, 0.6) is 0 Å². The smallest absolute Gasteiger partial charge is 0.300 e. The van der Waals surface area contributed by atoms with Crippen molar-refractivity contribution in [2.75, 3.05) is 0 Å². The van der Waals surface area contributed by atoms with Crippen LogP contribution in [0.4, 0.5) is 0 Å². The Morgan fingerprint density at radius 1 is 1.67 bits per heavy atom. The molecule has 7 heteroatoms. The second kappa shape index (κ2) is 2.18. The molecule has 0 spiro atoms. The maximum atomic E-state index is 10.2. The minimum absolute atomic E-state index is 0.632. The fourth-order valence-corrected chi connectivity index (χ4v) is 1.46. The fraction of sp³-hybridized carbons (Fsp3) is 0. The number of nitrogens with one attached hydrogen (secondary N) is 1. The zero-order valence-corrected chi connectivity index (χ0v) is 5.82. The molecule has 0 fully saturated rings. The van der Waals surface area contributed by atoms with Crippen LogP contribution in [-0.2, 0) is 10.3 Å². The van der Waals surface area contributed by atoms with Gasteiger partial charge in [-0.25, -0.2) is 0 Å². The molecule has 0 aromatic carbocycles. The van der Waals surface area contributed by atoms with Crippen molar-refractivity contribution in [2.45, 2.75) is 0 Å². The first-order valence-corrected chi connectivity index (χ1v) is 4.20. The van der Waals surface area contributed by atoms with Gasteiger partial charge in [0.15, 0.2) is 0 Å². The molecule has 9 heavy (non-hydrogen) atoms. The van der Waals surface area contributed by atoms with Gasteiger partial charge in [0, 0.05) is 11.6 Å². The summed E-state index contributed by atoms with van der Waals surface area (Å²) in [4.78, 5) is 0. The number of hydrazine groups is 1. The first-order valence-electron chi connectivity index (χ1n) is 1.96. The van der Waals surface area contributed by atoms with E-state index in [9.17, 15) is 8.42 Å². The lowest BCUT2D eigenvalue weighted by molar-refractivity contribution is 0.419. The van der Waals surface area contributed by atoms with Crippen molar-refractivity contribution in [3.63, 3.8) is 0 Å². The summed E-state index contributed by atoms with van der Waals surface area (Å²) in [6, 6.07) is 0. The highest BCUT2D eigenvalue weighted by atomic mass is 32.3. The topological polar surface area (TPSA) is 69.6 Å². The minimum atomic E-state index is -4.08. The van der Waals surface area contributed by atoms with Gasteiger partial charge < -0.3 is 5.43 Å². The van der Waals surface area contributed by atoms with E-state index in [-0.39, 0.29) is 0 Å². The van der Waals surface area contributed by atoms with Crippen LogP contribution in [0.15, 0.2) is 11.6 Å². The second-order valence-corrected chi connectivity index (χ2v) is 3.58. The molecular formula is C2H4N2O3S2. The van der Waals surface area contributed by atoms with E-state index in [2.05, 4.69) is 5.43 Å². The summed E-state index contributed by atoms with van der Waals surface area (Å²) in [5.41, 5.74) is 2.27. The monoisotopic (exact) mass is 168 g/mol. The van der Waals surface area contributed by atoms with E-state index in [4.69, 9.17) is 4.55 Å². The molecule has 0 amide bonds. The summed E-state index contributed by atoms with van der Waals surface area (Å²) in [7, 11) is -4.08. The minimum Gasteiger partial charge on any atom is -0.300 e. The van der Waals surface area contributed by atoms with Crippen LogP contribution < -0.4 is 5.43 Å². The zero-order chi connectivity index (χ0) is 6.91. The molecule has 2 N–H and O–H groups in total. The number of nitrogens with zero attached hydrogens (tertiary/aromatic N) is 1. The highest BCUT2D eigenvalue weighted by molar-refractivity contribution is 8.08. The van der Waals surface area contributed by atoms with E-state index in [1.807, 2.05) is 0 Å². The standard InChI is InChI=1S/C2H4N2O3S2/c5-9(6,7)4-3-1-2-8-4/h1-3H,(H,5,6,7). The SMILES string of the molecule is O=S(=O)(O)N1NC=CS1. The fourth-order valence-electron chi connectivity index (χ4n) is 0.328. The van der Waals surface area contributed by atoms with Gasteiger partial charge in [-0.15, -0.1) is 0 Å². The largest absolute Gasteiger partial charge is 0.363 e. The molecule has 1 heterocycles. The van der Waals surface area contributed by atoms with Crippen LogP contribution in [-0.4, -0.2) is 16.8 Å². The summed E-state index contributed by atoms with van der Waals surface area (Å²) < 4.78 is 29.3. The van der Waals surface area contributed by atoms with Crippen LogP contribution in [0, 0.1) is 0 Å². The van der Waals surface area contributed by atoms with E-state index in [0.717, 1.165) is 11.9 Å². The average Bonchev–Trinajstić information content (AvgIpc) is 2.08. The zero-order valence-electron chi connectivity index (χ0n) is 4.18. The van der Waals surface area contributed by atoms with Gasteiger partial charge in [0.2, 0.25) is 0 Å². The van der Waals surface area contributed by atoms with Crippen molar-refractivity contribution < 1.29 is 13.0 Å². The Kier molecular flexibility index (Phi) is 1.66. The van der Waals surface area contributed by atoms with Crippen molar-refractivity contribution in [1.29, 1.82) is 0 Å². The number of hydrogen-bond acceptors (Lipinski definition) is 4. The molecule has 0 aromatic rings. The van der Waals surface area contributed by atoms with Crippen LogP contribution in [0.1, 0.15) is 0 Å². The summed E-state index contributed by atoms with van der Waals surface area (Å²) in [6.07, 6.45) is 1.40. The molecule has 0 unspecified atom stereocenters. The molecule has 0 atom stereocenters. The van der Waals surface area contributed by atoms with Gasteiger partial charge in [0.25, 0.3) is 0 Å². The predicted molar refractivity (Wildman–Crippen MR) is 33.3 cm³/mol. The lowest BCUT2D eigenvalue weighted by Gasteiger charge is -2.07. The first kappa shape index (κ1) is 6.87. The Hall–Kier alpha value is -0.240. The van der Waals surface area contributed by atoms with E-state index in [1.165, 1.54) is 11.6 Å². The molecule has 5 nitrogen and oxygen atoms in total. The molecule has 0 saturated carbocycles. The third-order valence-electron chi connectivity index (χ3n) is 0.614. The van der Waals surface area contributed by atoms with Crippen LogP contribution in [0.25, 0.3) is 0 Å². The normalized spacial score (nSPS) is 20.1. The van der Waals surface area contributed by atoms with E-state index >= 15 is 0 Å². The molecule has 1 aliphatic rings. The maximum absolute atomic E-state index is 10.2. The van der Waals surface area contributed by atoms with E-state index in [0.29, 0.717) is 3.82 Å². The Labute approximate surface area is 56.7 Å². The Balaban J connectivity index is 2.68. The molecule has 1 aliphatic heterocycles. The lowest BCUT2D eigenvalue weighted by Crippen LogP contribution is -2.29. The van der Waals surface area contributed by atoms with Gasteiger partial charge in [0.05, 0.1) is 0 Å². The quantitative estimate of drug-likeness (QED) is 0.416. The molecule has 0 saturated heterocycles. The van der Waals surface area contributed by atoms with Crippen molar-refractivity contribution in [1.82, 2.24) is 9.25 Å². The predicted octanol–water partition coefficient (Wildman–Crippen LogP) is -0.271. The second-order valence-electron chi connectivity index (χ2n) is 1.24. The van der Waals surface area contributed by atoms with Crippen LogP contribution >= 0.6 is 11.9 Å². The van der Waals surface area contributed by atoms with Gasteiger partial charge >= 0.3 is 10.3 Å². The Morgan fingerprint density at radius 2 is 2.33 bits per heavy atom. The van der Waals surface area contributed by atoms with Crippen molar-refractivity contribution in [2.24, 2.45) is 0 Å². The summed E-state index contributed by atoms with van der Waals surface area (Å²) in [6.45, 7) is 0.